The minimum atomic E-state index is -1.03. The van der Waals surface area contributed by atoms with Gasteiger partial charge in [0.05, 0.1) is 12.0 Å². The average molecular weight is 269 g/mol. The van der Waals surface area contributed by atoms with Gasteiger partial charge in [-0.25, -0.2) is 0 Å². The zero-order valence-electron chi connectivity index (χ0n) is 11.4. The smallest absolute Gasteiger partial charge is 0.307 e. The van der Waals surface area contributed by atoms with Crippen LogP contribution in [-0.4, -0.2) is 40.1 Å². The van der Waals surface area contributed by atoms with Crippen LogP contribution in [0.1, 0.15) is 40.0 Å². The van der Waals surface area contributed by atoms with Gasteiger partial charge in [-0.3, -0.25) is 19.3 Å². The van der Waals surface area contributed by atoms with Crippen LogP contribution in [0.5, 0.6) is 0 Å². The molecule has 1 aliphatic rings. The molecule has 0 saturated carbocycles. The Balaban J connectivity index is 2.92. The second-order valence-corrected chi connectivity index (χ2v) is 5.85. The summed E-state index contributed by atoms with van der Waals surface area (Å²) in [5.41, 5.74) is -0.557. The van der Waals surface area contributed by atoms with Gasteiger partial charge in [0, 0.05) is 12.8 Å². The number of likely N-dealkylation sites (tertiary alicyclic amines) is 1. The van der Waals surface area contributed by atoms with Crippen LogP contribution >= 0.6 is 0 Å². The van der Waals surface area contributed by atoms with E-state index in [-0.39, 0.29) is 19.3 Å². The molecule has 1 rings (SSSR count). The Hall–Kier alpha value is -1.72. The Bertz CT molecular complexity index is 394. The summed E-state index contributed by atoms with van der Waals surface area (Å²) in [6.07, 6.45) is 0.634. The Labute approximate surface area is 111 Å². The summed E-state index contributed by atoms with van der Waals surface area (Å²) in [5.74, 6) is -2.64. The Morgan fingerprint density at radius 3 is 2.11 bits per heavy atom. The number of carbonyl (C=O) groups is 4. The van der Waals surface area contributed by atoms with Crippen molar-refractivity contribution in [1.29, 1.82) is 0 Å². The van der Waals surface area contributed by atoms with Crippen LogP contribution in [0.4, 0.5) is 0 Å². The molecular weight excluding hydrogens is 250 g/mol. The largest absolute Gasteiger partial charge is 0.481 e. The van der Waals surface area contributed by atoms with Crippen molar-refractivity contribution in [3.05, 3.63) is 0 Å². The highest BCUT2D eigenvalue weighted by Crippen LogP contribution is 2.31. The van der Waals surface area contributed by atoms with E-state index in [1.807, 2.05) is 0 Å². The summed E-state index contributed by atoms with van der Waals surface area (Å²) in [6.45, 7) is 5.25. The van der Waals surface area contributed by atoms with Gasteiger partial charge in [-0.05, 0) is 11.8 Å². The highest BCUT2D eigenvalue weighted by molar-refractivity contribution is 6.04. The molecule has 0 aromatic heterocycles. The normalized spacial score (nSPS) is 19.4. The molecule has 0 aromatic rings. The molecule has 6 heteroatoms. The van der Waals surface area contributed by atoms with Crippen LogP contribution in [0.15, 0.2) is 0 Å². The van der Waals surface area contributed by atoms with Crippen molar-refractivity contribution in [2.24, 2.45) is 11.3 Å². The molecule has 0 spiro atoms. The van der Waals surface area contributed by atoms with Gasteiger partial charge < -0.3 is 9.90 Å². The number of rotatable bonds is 5. The molecule has 0 bridgehead atoms. The van der Waals surface area contributed by atoms with E-state index in [1.54, 1.807) is 20.8 Å². The maximum atomic E-state index is 11.6. The van der Waals surface area contributed by atoms with E-state index in [1.165, 1.54) is 0 Å². The molecular formula is C13H19NO5. The molecule has 106 valence electrons. The van der Waals surface area contributed by atoms with E-state index < -0.39 is 35.2 Å². The van der Waals surface area contributed by atoms with Crippen molar-refractivity contribution in [3.8, 4) is 0 Å². The number of aldehydes is 1. The summed E-state index contributed by atoms with van der Waals surface area (Å²) in [7, 11) is 0. The van der Waals surface area contributed by atoms with E-state index in [9.17, 15) is 24.3 Å². The number of carboxylic acids is 1. The topological polar surface area (TPSA) is 91.8 Å². The molecule has 1 fully saturated rings. The lowest BCUT2D eigenvalue weighted by Gasteiger charge is -2.31. The lowest BCUT2D eigenvalue weighted by molar-refractivity contribution is -0.150. The molecule has 1 saturated heterocycles. The first-order valence-corrected chi connectivity index (χ1v) is 6.21. The van der Waals surface area contributed by atoms with Crippen molar-refractivity contribution in [1.82, 2.24) is 4.90 Å². The van der Waals surface area contributed by atoms with Crippen LogP contribution in [-0.2, 0) is 19.2 Å². The minimum Gasteiger partial charge on any atom is -0.481 e. The van der Waals surface area contributed by atoms with Crippen LogP contribution in [0, 0.1) is 11.3 Å². The zero-order valence-corrected chi connectivity index (χ0v) is 11.4. The Morgan fingerprint density at radius 2 is 1.79 bits per heavy atom. The number of carboxylic acid groups (broad SMARTS) is 1. The van der Waals surface area contributed by atoms with E-state index in [2.05, 4.69) is 0 Å². The van der Waals surface area contributed by atoms with Crippen molar-refractivity contribution >= 4 is 24.1 Å². The highest BCUT2D eigenvalue weighted by atomic mass is 16.4. The Kier molecular flexibility index (Phi) is 4.44. The number of hydrogen-bond donors (Lipinski definition) is 1. The summed E-state index contributed by atoms with van der Waals surface area (Å²) in [4.78, 5) is 46.5. The molecule has 6 nitrogen and oxygen atoms in total. The number of hydrogen-bond acceptors (Lipinski definition) is 4. The maximum Gasteiger partial charge on any atom is 0.307 e. The summed E-state index contributed by atoms with van der Waals surface area (Å²) in [5, 5.41) is 9.22. The summed E-state index contributed by atoms with van der Waals surface area (Å²) in [6, 6.07) is -0.983. The summed E-state index contributed by atoms with van der Waals surface area (Å²) < 4.78 is 0. The van der Waals surface area contributed by atoms with Crippen molar-refractivity contribution < 1.29 is 24.3 Å². The predicted molar refractivity (Wildman–Crippen MR) is 66.1 cm³/mol. The first-order valence-electron chi connectivity index (χ1n) is 6.21. The SMILES string of the molecule is CC(C)(C)C(C[C@@H](C=O)N1C(=O)CCC1=O)C(=O)O. The fourth-order valence-corrected chi connectivity index (χ4v) is 2.25. The minimum absolute atomic E-state index is 0.0419. The third-order valence-electron chi connectivity index (χ3n) is 3.40. The van der Waals surface area contributed by atoms with Gasteiger partial charge >= 0.3 is 5.97 Å². The monoisotopic (exact) mass is 269 g/mol. The van der Waals surface area contributed by atoms with Gasteiger partial charge in [0.25, 0.3) is 0 Å². The van der Waals surface area contributed by atoms with Crippen LogP contribution < -0.4 is 0 Å². The lowest BCUT2D eigenvalue weighted by Crippen LogP contribution is -2.44. The third kappa shape index (κ3) is 3.39. The van der Waals surface area contributed by atoms with E-state index in [4.69, 9.17) is 0 Å². The van der Waals surface area contributed by atoms with Gasteiger partial charge in [0.1, 0.15) is 6.29 Å². The van der Waals surface area contributed by atoms with Crippen molar-refractivity contribution in [3.63, 3.8) is 0 Å². The van der Waals surface area contributed by atoms with Gasteiger partial charge in [0.15, 0.2) is 0 Å². The maximum absolute atomic E-state index is 11.6. The Morgan fingerprint density at radius 1 is 1.32 bits per heavy atom. The predicted octanol–water partition coefficient (Wildman–Crippen LogP) is 0.840. The zero-order chi connectivity index (χ0) is 14.8. The van der Waals surface area contributed by atoms with Crippen LogP contribution in [0.3, 0.4) is 0 Å². The average Bonchev–Trinajstić information content (AvgIpc) is 2.59. The molecule has 0 aliphatic carbocycles. The molecule has 19 heavy (non-hydrogen) atoms. The van der Waals surface area contributed by atoms with Gasteiger partial charge in [-0.1, -0.05) is 20.8 Å². The standard InChI is InChI=1S/C13H19NO5/c1-13(2,3)9(12(18)19)6-8(7-15)14-10(16)4-5-11(14)17/h7-9H,4-6H2,1-3H3,(H,18,19)/t8-,9?/m0/s1. The summed E-state index contributed by atoms with van der Waals surface area (Å²) >= 11 is 0. The molecule has 0 radical (unpaired) electrons. The second kappa shape index (κ2) is 5.50. The van der Waals surface area contributed by atoms with Crippen molar-refractivity contribution in [2.45, 2.75) is 46.1 Å². The van der Waals surface area contributed by atoms with Crippen molar-refractivity contribution in [2.75, 3.05) is 0 Å². The molecule has 2 atom stereocenters. The number of carbonyl (C=O) groups excluding carboxylic acids is 3. The van der Waals surface area contributed by atoms with E-state index in [0.717, 1.165) is 4.90 Å². The molecule has 1 aliphatic heterocycles. The second-order valence-electron chi connectivity index (χ2n) is 5.85. The highest BCUT2D eigenvalue weighted by Gasteiger charge is 2.40. The molecule has 1 heterocycles. The number of aliphatic carboxylic acids is 1. The molecule has 0 aromatic carbocycles. The van der Waals surface area contributed by atoms with E-state index in [0.29, 0.717) is 6.29 Å². The van der Waals surface area contributed by atoms with E-state index >= 15 is 0 Å². The van der Waals surface area contributed by atoms with Crippen LogP contribution in [0.2, 0.25) is 0 Å². The first-order chi connectivity index (χ1) is 8.68. The number of nitrogens with zero attached hydrogens (tertiary/aromatic N) is 1. The number of imide groups is 1. The van der Waals surface area contributed by atoms with Gasteiger partial charge in [-0.2, -0.15) is 0 Å². The van der Waals surface area contributed by atoms with Crippen LogP contribution in [0.25, 0.3) is 0 Å². The first kappa shape index (κ1) is 15.3. The molecule has 2 amide bonds. The van der Waals surface area contributed by atoms with Gasteiger partial charge in [-0.15, -0.1) is 0 Å². The molecule has 1 N–H and O–H groups in total. The fraction of sp³-hybridized carbons (Fsp3) is 0.692. The lowest BCUT2D eigenvalue weighted by atomic mass is 9.77. The quantitative estimate of drug-likeness (QED) is 0.590. The third-order valence-corrected chi connectivity index (χ3v) is 3.40. The van der Waals surface area contributed by atoms with Gasteiger partial charge in [0.2, 0.25) is 11.8 Å². The molecule has 1 unspecified atom stereocenters. The number of amides is 2. The fourth-order valence-electron chi connectivity index (χ4n) is 2.25.